The highest BCUT2D eigenvalue weighted by Crippen LogP contribution is 2.16. The molecule has 1 heteroatoms. The van der Waals surface area contributed by atoms with Crippen LogP contribution in [0.25, 0.3) is 0 Å². The van der Waals surface area contributed by atoms with Crippen LogP contribution in [0.1, 0.15) is 32.6 Å². The molecule has 0 radical (unpaired) electrons. The molecule has 0 heterocycles. The number of rotatable bonds is 4. The Bertz CT molecular complexity index is 269. The van der Waals surface area contributed by atoms with Crippen molar-refractivity contribution in [3.63, 3.8) is 0 Å². The molecule has 0 aliphatic heterocycles. The second-order valence-corrected chi connectivity index (χ2v) is 3.54. The minimum absolute atomic E-state index is 0.285. The first-order valence-corrected chi connectivity index (χ1v) is 4.73. The van der Waals surface area contributed by atoms with Gasteiger partial charge in [-0.2, -0.15) is 0 Å². The molecule has 70 valence electrons. The predicted octanol–water partition coefficient (Wildman–Crippen LogP) is 3.19. The number of hydrogen-bond acceptors (Lipinski definition) is 1. The first-order valence-electron chi connectivity index (χ1n) is 4.73. The zero-order valence-corrected chi connectivity index (χ0v) is 8.18. The number of ketones is 1. The van der Waals surface area contributed by atoms with Crippen molar-refractivity contribution in [3.05, 3.63) is 36.0 Å². The molecule has 0 amide bonds. The van der Waals surface area contributed by atoms with E-state index in [1.54, 1.807) is 0 Å². The van der Waals surface area contributed by atoms with E-state index in [2.05, 4.69) is 12.7 Å². The number of carbonyl (C=O) groups is 1. The molecule has 1 rings (SSSR count). The quantitative estimate of drug-likeness (QED) is 0.601. The van der Waals surface area contributed by atoms with E-state index in [0.29, 0.717) is 6.42 Å². The molecule has 0 aromatic rings. The molecule has 0 saturated carbocycles. The Balaban J connectivity index is 2.43. The molecule has 0 atom stereocenters. The summed E-state index contributed by atoms with van der Waals surface area (Å²) in [5, 5.41) is 0. The number of Topliss-reactive ketones (excluding diaryl/α,β-unsaturated/α-hetero) is 1. The van der Waals surface area contributed by atoms with E-state index in [0.717, 1.165) is 30.4 Å². The van der Waals surface area contributed by atoms with Crippen molar-refractivity contribution in [2.24, 2.45) is 0 Å². The van der Waals surface area contributed by atoms with Crippen molar-refractivity contribution >= 4 is 5.78 Å². The van der Waals surface area contributed by atoms with Gasteiger partial charge in [-0.25, -0.2) is 0 Å². The molecule has 13 heavy (non-hydrogen) atoms. The van der Waals surface area contributed by atoms with Crippen LogP contribution in [0.5, 0.6) is 0 Å². The lowest BCUT2D eigenvalue weighted by molar-refractivity contribution is -0.115. The molecule has 1 aliphatic carbocycles. The molecular weight excluding hydrogens is 160 g/mol. The van der Waals surface area contributed by atoms with Crippen LogP contribution in [0.2, 0.25) is 0 Å². The lowest BCUT2D eigenvalue weighted by Gasteiger charge is -2.07. The van der Waals surface area contributed by atoms with Gasteiger partial charge >= 0.3 is 0 Å². The van der Waals surface area contributed by atoms with Gasteiger partial charge in [-0.1, -0.05) is 23.8 Å². The fourth-order valence-electron chi connectivity index (χ4n) is 1.32. The Morgan fingerprint density at radius 1 is 1.54 bits per heavy atom. The maximum atomic E-state index is 11.6. The Morgan fingerprint density at radius 2 is 2.31 bits per heavy atom. The Labute approximate surface area is 79.8 Å². The summed E-state index contributed by atoms with van der Waals surface area (Å²) >= 11 is 0. The average molecular weight is 176 g/mol. The van der Waals surface area contributed by atoms with Gasteiger partial charge in [0.05, 0.1) is 0 Å². The highest BCUT2D eigenvalue weighted by Gasteiger charge is 2.09. The minimum Gasteiger partial charge on any atom is -0.295 e. The maximum Gasteiger partial charge on any atom is 0.159 e. The van der Waals surface area contributed by atoms with Gasteiger partial charge in [0.1, 0.15) is 0 Å². The van der Waals surface area contributed by atoms with Crippen molar-refractivity contribution < 1.29 is 4.79 Å². The SMILES string of the molecule is C=C(C)CCC(=O)C1=CC=CCC1. The van der Waals surface area contributed by atoms with Crippen LogP contribution < -0.4 is 0 Å². The summed E-state index contributed by atoms with van der Waals surface area (Å²) < 4.78 is 0. The second-order valence-electron chi connectivity index (χ2n) is 3.54. The van der Waals surface area contributed by atoms with Crippen molar-refractivity contribution in [1.29, 1.82) is 0 Å². The van der Waals surface area contributed by atoms with Gasteiger partial charge in [0.15, 0.2) is 5.78 Å². The molecule has 0 fully saturated rings. The Hall–Kier alpha value is -1.11. The highest BCUT2D eigenvalue weighted by molar-refractivity contribution is 5.95. The van der Waals surface area contributed by atoms with Crippen LogP contribution in [-0.2, 0) is 4.79 Å². The second kappa shape index (κ2) is 4.80. The fourth-order valence-corrected chi connectivity index (χ4v) is 1.32. The van der Waals surface area contributed by atoms with Crippen LogP contribution in [-0.4, -0.2) is 5.78 Å². The molecular formula is C12H16O. The van der Waals surface area contributed by atoms with Gasteiger partial charge in [0.2, 0.25) is 0 Å². The molecule has 0 spiro atoms. The first kappa shape index (κ1) is 9.97. The van der Waals surface area contributed by atoms with Gasteiger partial charge in [-0.05, 0) is 31.8 Å². The predicted molar refractivity (Wildman–Crippen MR) is 55.5 cm³/mol. The third kappa shape index (κ3) is 3.41. The van der Waals surface area contributed by atoms with Crippen molar-refractivity contribution in [3.8, 4) is 0 Å². The summed E-state index contributed by atoms with van der Waals surface area (Å²) in [5.41, 5.74) is 2.06. The van der Waals surface area contributed by atoms with Crippen molar-refractivity contribution in [1.82, 2.24) is 0 Å². The first-order chi connectivity index (χ1) is 6.20. The third-order valence-corrected chi connectivity index (χ3v) is 2.15. The topological polar surface area (TPSA) is 17.1 Å². The van der Waals surface area contributed by atoms with Gasteiger partial charge in [0.25, 0.3) is 0 Å². The van der Waals surface area contributed by atoms with E-state index in [4.69, 9.17) is 0 Å². The normalized spacial score (nSPS) is 15.3. The monoisotopic (exact) mass is 176 g/mol. The van der Waals surface area contributed by atoms with Gasteiger partial charge in [-0.3, -0.25) is 4.79 Å². The standard InChI is InChI=1S/C12H16O/c1-10(2)8-9-12(13)11-6-4-3-5-7-11/h3-4,6H,1,5,7-9H2,2H3. The van der Waals surface area contributed by atoms with Crippen LogP contribution in [0.15, 0.2) is 36.0 Å². The summed E-state index contributed by atoms with van der Waals surface area (Å²) in [7, 11) is 0. The largest absolute Gasteiger partial charge is 0.295 e. The number of hydrogen-bond donors (Lipinski definition) is 0. The molecule has 0 saturated heterocycles. The molecule has 0 unspecified atom stereocenters. The van der Waals surface area contributed by atoms with Crippen LogP contribution in [0.4, 0.5) is 0 Å². The van der Waals surface area contributed by atoms with E-state index < -0.39 is 0 Å². The van der Waals surface area contributed by atoms with Crippen LogP contribution in [0, 0.1) is 0 Å². The average Bonchev–Trinajstić information content (AvgIpc) is 2.15. The minimum atomic E-state index is 0.285. The number of carbonyl (C=O) groups excluding carboxylic acids is 1. The maximum absolute atomic E-state index is 11.6. The van der Waals surface area contributed by atoms with Gasteiger partial charge in [0, 0.05) is 6.42 Å². The molecule has 1 aliphatic rings. The molecule has 0 N–H and O–H groups in total. The van der Waals surface area contributed by atoms with E-state index in [9.17, 15) is 4.79 Å². The molecule has 0 aromatic heterocycles. The van der Waals surface area contributed by atoms with Crippen molar-refractivity contribution in [2.75, 3.05) is 0 Å². The van der Waals surface area contributed by atoms with E-state index in [1.807, 2.05) is 19.1 Å². The van der Waals surface area contributed by atoms with Crippen molar-refractivity contribution in [2.45, 2.75) is 32.6 Å². The van der Waals surface area contributed by atoms with Gasteiger partial charge in [-0.15, -0.1) is 6.58 Å². The number of allylic oxidation sites excluding steroid dienone is 5. The van der Waals surface area contributed by atoms with Gasteiger partial charge < -0.3 is 0 Å². The highest BCUT2D eigenvalue weighted by atomic mass is 16.1. The fraction of sp³-hybridized carbons (Fsp3) is 0.417. The summed E-state index contributed by atoms with van der Waals surface area (Å²) in [6.45, 7) is 5.75. The van der Waals surface area contributed by atoms with E-state index >= 15 is 0 Å². The lowest BCUT2D eigenvalue weighted by atomic mass is 9.97. The molecule has 0 bridgehead atoms. The zero-order chi connectivity index (χ0) is 9.68. The Morgan fingerprint density at radius 3 is 2.85 bits per heavy atom. The van der Waals surface area contributed by atoms with E-state index in [-0.39, 0.29) is 5.78 Å². The smallest absolute Gasteiger partial charge is 0.159 e. The molecule has 1 nitrogen and oxygen atoms in total. The third-order valence-electron chi connectivity index (χ3n) is 2.15. The molecule has 0 aromatic carbocycles. The lowest BCUT2D eigenvalue weighted by Crippen LogP contribution is -2.03. The van der Waals surface area contributed by atoms with Crippen LogP contribution >= 0.6 is 0 Å². The zero-order valence-electron chi connectivity index (χ0n) is 8.18. The summed E-state index contributed by atoms with van der Waals surface area (Å²) in [5.74, 6) is 0.285. The summed E-state index contributed by atoms with van der Waals surface area (Å²) in [4.78, 5) is 11.6. The summed E-state index contributed by atoms with van der Waals surface area (Å²) in [6, 6.07) is 0. The van der Waals surface area contributed by atoms with E-state index in [1.165, 1.54) is 0 Å². The van der Waals surface area contributed by atoms with Crippen LogP contribution in [0.3, 0.4) is 0 Å². The Kier molecular flexibility index (Phi) is 3.69. The summed E-state index contributed by atoms with van der Waals surface area (Å²) in [6.07, 6.45) is 9.35.